The number of nitrogens with zero attached hydrogens (tertiary/aromatic N) is 1. The number of anilines is 1. The predicted octanol–water partition coefficient (Wildman–Crippen LogP) is 5.71. The standard InChI is InChI=1S/C19H15BrCl2N2O3/c1-3-27-17-8-11(7-14(20)18(17)26-2)6-12(10-23)19(25)24-16-9-13(21)4-5-15(16)22/h4-9H,3H2,1-2H3,(H,24,25)/b12-6+. The number of benzene rings is 2. The zero-order valence-corrected chi connectivity index (χ0v) is 17.6. The van der Waals surface area contributed by atoms with Gasteiger partial charge in [-0.05, 0) is 64.8 Å². The molecule has 0 spiro atoms. The minimum atomic E-state index is -0.605. The summed E-state index contributed by atoms with van der Waals surface area (Å²) in [6.45, 7) is 2.29. The topological polar surface area (TPSA) is 71.3 Å². The van der Waals surface area contributed by atoms with Gasteiger partial charge in [-0.25, -0.2) is 0 Å². The van der Waals surface area contributed by atoms with Crippen molar-refractivity contribution in [2.75, 3.05) is 19.0 Å². The van der Waals surface area contributed by atoms with E-state index >= 15 is 0 Å². The van der Waals surface area contributed by atoms with Crippen molar-refractivity contribution in [1.29, 1.82) is 5.26 Å². The minimum Gasteiger partial charge on any atom is -0.492 e. The van der Waals surface area contributed by atoms with E-state index in [9.17, 15) is 10.1 Å². The monoisotopic (exact) mass is 468 g/mol. The summed E-state index contributed by atoms with van der Waals surface area (Å²) >= 11 is 15.4. The minimum absolute atomic E-state index is 0.106. The molecule has 1 N–H and O–H groups in total. The molecule has 8 heteroatoms. The van der Waals surface area contributed by atoms with Gasteiger partial charge in [0.1, 0.15) is 11.6 Å². The number of methoxy groups -OCH3 is 1. The van der Waals surface area contributed by atoms with Crippen molar-refractivity contribution < 1.29 is 14.3 Å². The molecule has 0 unspecified atom stereocenters. The number of hydrogen-bond acceptors (Lipinski definition) is 4. The molecule has 2 aromatic carbocycles. The number of nitrogens with one attached hydrogen (secondary N) is 1. The Morgan fingerprint density at radius 2 is 2.07 bits per heavy atom. The first-order valence-corrected chi connectivity index (χ1v) is 9.33. The lowest BCUT2D eigenvalue weighted by Gasteiger charge is -2.12. The van der Waals surface area contributed by atoms with Crippen LogP contribution in [0.2, 0.25) is 10.0 Å². The molecule has 2 aromatic rings. The molecular weight excluding hydrogens is 455 g/mol. The van der Waals surface area contributed by atoms with Gasteiger partial charge in [0.15, 0.2) is 11.5 Å². The van der Waals surface area contributed by atoms with Gasteiger partial charge in [-0.3, -0.25) is 4.79 Å². The quantitative estimate of drug-likeness (QED) is 0.434. The van der Waals surface area contributed by atoms with Crippen LogP contribution in [0, 0.1) is 11.3 Å². The number of amides is 1. The molecule has 0 fully saturated rings. The highest BCUT2D eigenvalue weighted by Gasteiger charge is 2.14. The van der Waals surface area contributed by atoms with Gasteiger partial charge in [0, 0.05) is 5.02 Å². The number of nitriles is 1. The van der Waals surface area contributed by atoms with Crippen molar-refractivity contribution in [2.45, 2.75) is 6.92 Å². The molecule has 5 nitrogen and oxygen atoms in total. The Morgan fingerprint density at radius 1 is 1.33 bits per heavy atom. The molecule has 0 aliphatic heterocycles. The van der Waals surface area contributed by atoms with Gasteiger partial charge in [-0.2, -0.15) is 5.26 Å². The maximum absolute atomic E-state index is 12.5. The summed E-state index contributed by atoms with van der Waals surface area (Å²) in [4.78, 5) is 12.5. The lowest BCUT2D eigenvalue weighted by Crippen LogP contribution is -2.13. The molecule has 0 saturated carbocycles. The molecule has 0 bridgehead atoms. The summed E-state index contributed by atoms with van der Waals surface area (Å²) in [6.07, 6.45) is 1.44. The summed E-state index contributed by atoms with van der Waals surface area (Å²) < 4.78 is 11.5. The van der Waals surface area contributed by atoms with Crippen LogP contribution in [0.3, 0.4) is 0 Å². The van der Waals surface area contributed by atoms with Crippen LogP contribution in [-0.2, 0) is 4.79 Å². The van der Waals surface area contributed by atoms with Gasteiger partial charge < -0.3 is 14.8 Å². The van der Waals surface area contributed by atoms with Crippen LogP contribution in [0.4, 0.5) is 5.69 Å². The Kier molecular flexibility index (Phi) is 7.55. The van der Waals surface area contributed by atoms with E-state index in [1.165, 1.54) is 19.3 Å². The van der Waals surface area contributed by atoms with Gasteiger partial charge in [-0.1, -0.05) is 23.2 Å². The SMILES string of the molecule is CCOc1cc(/C=C(\C#N)C(=O)Nc2cc(Cl)ccc2Cl)cc(Br)c1OC. The third kappa shape index (κ3) is 5.39. The zero-order valence-electron chi connectivity index (χ0n) is 14.5. The fourth-order valence-electron chi connectivity index (χ4n) is 2.23. The number of ether oxygens (including phenoxy) is 2. The molecule has 0 aliphatic rings. The van der Waals surface area contributed by atoms with E-state index < -0.39 is 5.91 Å². The second-order valence-corrected chi connectivity index (χ2v) is 6.91. The molecule has 0 radical (unpaired) electrons. The third-order valence-corrected chi connectivity index (χ3v) is 4.54. The molecule has 0 aromatic heterocycles. The fourth-order valence-corrected chi connectivity index (χ4v) is 3.19. The van der Waals surface area contributed by atoms with Crippen LogP contribution in [0.15, 0.2) is 40.4 Å². The summed E-state index contributed by atoms with van der Waals surface area (Å²) in [6, 6.07) is 9.96. The molecule has 2 rings (SSSR count). The van der Waals surface area contributed by atoms with Crippen LogP contribution in [0.25, 0.3) is 6.08 Å². The Balaban J connectivity index is 2.36. The van der Waals surface area contributed by atoms with Gasteiger partial charge in [0.05, 0.1) is 28.9 Å². The Morgan fingerprint density at radius 3 is 2.70 bits per heavy atom. The van der Waals surface area contributed by atoms with Crippen molar-refractivity contribution in [1.82, 2.24) is 0 Å². The normalized spacial score (nSPS) is 10.9. The van der Waals surface area contributed by atoms with Crippen LogP contribution in [-0.4, -0.2) is 19.6 Å². The number of carbonyl (C=O) groups is 1. The van der Waals surface area contributed by atoms with E-state index in [-0.39, 0.29) is 5.57 Å². The average molecular weight is 470 g/mol. The summed E-state index contributed by atoms with van der Waals surface area (Å²) in [5, 5.41) is 12.7. The van der Waals surface area contributed by atoms with Crippen molar-refractivity contribution in [3.63, 3.8) is 0 Å². The van der Waals surface area contributed by atoms with E-state index in [1.54, 1.807) is 24.3 Å². The van der Waals surface area contributed by atoms with Crippen molar-refractivity contribution in [2.24, 2.45) is 0 Å². The first-order valence-electron chi connectivity index (χ1n) is 7.78. The number of halogens is 3. The van der Waals surface area contributed by atoms with Crippen LogP contribution >= 0.6 is 39.1 Å². The second kappa shape index (κ2) is 9.65. The number of carbonyl (C=O) groups excluding carboxylic acids is 1. The van der Waals surface area contributed by atoms with Crippen molar-refractivity contribution >= 4 is 56.8 Å². The van der Waals surface area contributed by atoms with Gasteiger partial charge in [0.25, 0.3) is 5.91 Å². The van der Waals surface area contributed by atoms with Gasteiger partial charge >= 0.3 is 0 Å². The Bertz CT molecular complexity index is 939. The molecule has 1 amide bonds. The maximum atomic E-state index is 12.5. The highest BCUT2D eigenvalue weighted by Crippen LogP contribution is 2.37. The molecule has 27 heavy (non-hydrogen) atoms. The van der Waals surface area contributed by atoms with E-state index in [0.29, 0.717) is 43.9 Å². The number of hydrogen-bond donors (Lipinski definition) is 1. The zero-order chi connectivity index (χ0) is 20.0. The Labute approximate surface area is 175 Å². The first-order chi connectivity index (χ1) is 12.9. The number of rotatable bonds is 6. The largest absolute Gasteiger partial charge is 0.492 e. The molecule has 140 valence electrons. The van der Waals surface area contributed by atoms with E-state index in [4.69, 9.17) is 32.7 Å². The Hall–Kier alpha value is -2.20. The summed E-state index contributed by atoms with van der Waals surface area (Å²) in [7, 11) is 1.53. The third-order valence-electron chi connectivity index (χ3n) is 3.39. The van der Waals surface area contributed by atoms with Crippen LogP contribution < -0.4 is 14.8 Å². The second-order valence-electron chi connectivity index (χ2n) is 5.22. The molecular formula is C19H15BrCl2N2O3. The van der Waals surface area contributed by atoms with E-state index in [0.717, 1.165) is 0 Å². The molecule has 0 aliphatic carbocycles. The average Bonchev–Trinajstić information content (AvgIpc) is 2.62. The van der Waals surface area contributed by atoms with Gasteiger partial charge in [-0.15, -0.1) is 0 Å². The van der Waals surface area contributed by atoms with Gasteiger partial charge in [0.2, 0.25) is 0 Å². The van der Waals surface area contributed by atoms with Crippen molar-refractivity contribution in [3.05, 3.63) is 56.0 Å². The lowest BCUT2D eigenvalue weighted by atomic mass is 10.1. The fraction of sp³-hybridized carbons (Fsp3) is 0.158. The smallest absolute Gasteiger partial charge is 0.266 e. The van der Waals surface area contributed by atoms with E-state index in [1.807, 2.05) is 13.0 Å². The summed E-state index contributed by atoms with van der Waals surface area (Å²) in [5.74, 6) is 0.422. The lowest BCUT2D eigenvalue weighted by molar-refractivity contribution is -0.112. The highest BCUT2D eigenvalue weighted by atomic mass is 79.9. The van der Waals surface area contributed by atoms with Crippen LogP contribution in [0.1, 0.15) is 12.5 Å². The molecule has 0 heterocycles. The van der Waals surface area contributed by atoms with E-state index in [2.05, 4.69) is 21.2 Å². The maximum Gasteiger partial charge on any atom is 0.266 e. The van der Waals surface area contributed by atoms with Crippen LogP contribution in [0.5, 0.6) is 11.5 Å². The predicted molar refractivity (Wildman–Crippen MR) is 111 cm³/mol. The highest BCUT2D eigenvalue weighted by molar-refractivity contribution is 9.10. The van der Waals surface area contributed by atoms with Crippen molar-refractivity contribution in [3.8, 4) is 17.6 Å². The molecule has 0 atom stereocenters. The first kappa shape index (κ1) is 21.1. The summed E-state index contributed by atoms with van der Waals surface area (Å²) in [5.41, 5.74) is 0.807. The molecule has 0 saturated heterocycles.